The number of hydrogen-bond donors (Lipinski definition) is 1. The smallest absolute Gasteiger partial charge is 0.311 e. The Balaban J connectivity index is 2.88. The highest BCUT2D eigenvalue weighted by atomic mass is 35.5. The summed E-state index contributed by atoms with van der Waals surface area (Å²) in [5.74, 6) is 0. The third kappa shape index (κ3) is 2.22. The molecule has 0 saturated heterocycles. The summed E-state index contributed by atoms with van der Waals surface area (Å²) in [6, 6.07) is 3.36. The highest BCUT2D eigenvalue weighted by Gasteiger charge is 1.98. The molecule has 1 rings (SSSR count). The van der Waals surface area contributed by atoms with Crippen molar-refractivity contribution in [3.05, 3.63) is 24.0 Å². The van der Waals surface area contributed by atoms with Crippen molar-refractivity contribution < 1.29 is 4.79 Å². The van der Waals surface area contributed by atoms with Crippen LogP contribution in [0, 0.1) is 11.3 Å². The molecule has 4 nitrogen and oxygen atoms in total. The van der Waals surface area contributed by atoms with Crippen molar-refractivity contribution in [3.8, 4) is 6.07 Å². The lowest BCUT2D eigenvalue weighted by atomic mass is 10.3. The monoisotopic (exact) mass is 181 g/mol. The second-order valence-electron chi connectivity index (χ2n) is 1.97. The first-order chi connectivity index (χ1) is 5.72. The van der Waals surface area contributed by atoms with Gasteiger partial charge in [0.15, 0.2) is 0 Å². The third-order valence-electron chi connectivity index (χ3n) is 1.11. The third-order valence-corrected chi connectivity index (χ3v) is 1.20. The quantitative estimate of drug-likeness (QED) is 0.530. The second kappa shape index (κ2) is 3.69. The molecule has 1 amide bonds. The molecule has 5 heteroatoms. The number of carbonyl (C=O) groups is 1. The first-order valence-electron chi connectivity index (χ1n) is 3.04. The fourth-order valence-electron chi connectivity index (χ4n) is 0.683. The first kappa shape index (κ1) is 8.50. The Morgan fingerprint density at radius 1 is 1.67 bits per heavy atom. The number of aromatic nitrogens is 1. The van der Waals surface area contributed by atoms with Gasteiger partial charge in [0.1, 0.15) is 6.07 Å². The molecular formula is C7H4ClN3O. The minimum Gasteiger partial charge on any atom is -0.311 e. The van der Waals surface area contributed by atoms with E-state index in [1.165, 1.54) is 18.5 Å². The van der Waals surface area contributed by atoms with Crippen molar-refractivity contribution in [1.82, 2.24) is 4.98 Å². The topological polar surface area (TPSA) is 65.8 Å². The van der Waals surface area contributed by atoms with E-state index in [1.807, 2.05) is 6.07 Å². The molecular weight excluding hydrogens is 178 g/mol. The molecule has 60 valence electrons. The van der Waals surface area contributed by atoms with E-state index in [-0.39, 0.29) is 0 Å². The van der Waals surface area contributed by atoms with Crippen LogP contribution in [0.25, 0.3) is 0 Å². The molecule has 0 unspecified atom stereocenters. The van der Waals surface area contributed by atoms with Gasteiger partial charge < -0.3 is 5.32 Å². The van der Waals surface area contributed by atoms with Crippen molar-refractivity contribution in [2.75, 3.05) is 5.32 Å². The van der Waals surface area contributed by atoms with E-state index in [4.69, 9.17) is 16.9 Å². The number of amides is 1. The zero-order valence-corrected chi connectivity index (χ0v) is 6.67. The number of nitrogens with zero attached hydrogens (tertiary/aromatic N) is 2. The molecule has 0 fully saturated rings. The Labute approximate surface area is 73.8 Å². The summed E-state index contributed by atoms with van der Waals surface area (Å²) in [4.78, 5) is 14.1. The van der Waals surface area contributed by atoms with Crippen LogP contribution in [-0.2, 0) is 0 Å². The van der Waals surface area contributed by atoms with Gasteiger partial charge in [-0.25, -0.2) is 0 Å². The second-order valence-corrected chi connectivity index (χ2v) is 2.32. The molecule has 0 spiro atoms. The summed E-state index contributed by atoms with van der Waals surface area (Å²) >= 11 is 5.05. The Bertz CT molecular complexity index is 345. The van der Waals surface area contributed by atoms with E-state index < -0.39 is 5.37 Å². The molecule has 0 saturated carbocycles. The summed E-state index contributed by atoms with van der Waals surface area (Å²) in [6.45, 7) is 0. The van der Waals surface area contributed by atoms with Crippen LogP contribution >= 0.6 is 11.6 Å². The van der Waals surface area contributed by atoms with Gasteiger partial charge in [0.25, 0.3) is 0 Å². The van der Waals surface area contributed by atoms with Gasteiger partial charge in [0, 0.05) is 6.20 Å². The first-order valence-corrected chi connectivity index (χ1v) is 3.42. The molecule has 1 aromatic heterocycles. The number of anilines is 1. The van der Waals surface area contributed by atoms with Gasteiger partial charge in [-0.1, -0.05) is 0 Å². The largest absolute Gasteiger partial charge is 0.318 e. The van der Waals surface area contributed by atoms with Gasteiger partial charge in [0.2, 0.25) is 0 Å². The maximum atomic E-state index is 10.4. The highest BCUT2D eigenvalue weighted by Crippen LogP contribution is 2.07. The van der Waals surface area contributed by atoms with Gasteiger partial charge in [-0.3, -0.25) is 9.78 Å². The molecule has 0 aliphatic heterocycles. The standard InChI is InChI=1S/C7H4ClN3O/c8-7(12)11-6-1-5(2-9)3-10-4-6/h1,3-4H,(H,11,12). The van der Waals surface area contributed by atoms with Crippen LogP contribution in [0.4, 0.5) is 10.5 Å². The molecule has 12 heavy (non-hydrogen) atoms. The predicted molar refractivity (Wildman–Crippen MR) is 43.8 cm³/mol. The van der Waals surface area contributed by atoms with Crippen molar-refractivity contribution in [3.63, 3.8) is 0 Å². The number of nitriles is 1. The normalized spacial score (nSPS) is 8.67. The molecule has 0 radical (unpaired) electrons. The summed E-state index contributed by atoms with van der Waals surface area (Å²) in [7, 11) is 0. The number of nitrogens with one attached hydrogen (secondary N) is 1. The lowest BCUT2D eigenvalue weighted by Gasteiger charge is -1.98. The molecule has 0 aromatic carbocycles. The van der Waals surface area contributed by atoms with E-state index in [1.54, 1.807) is 0 Å². The summed E-state index contributed by atoms with van der Waals surface area (Å²) in [5.41, 5.74) is 0.784. The van der Waals surface area contributed by atoms with Crippen LogP contribution in [0.3, 0.4) is 0 Å². The molecule has 0 bridgehead atoms. The van der Waals surface area contributed by atoms with E-state index in [2.05, 4.69) is 10.3 Å². The summed E-state index contributed by atoms with van der Waals surface area (Å²) in [5, 5.41) is 10.1. The maximum absolute atomic E-state index is 10.4. The van der Waals surface area contributed by atoms with Crippen LogP contribution in [0.5, 0.6) is 0 Å². The lowest BCUT2D eigenvalue weighted by molar-refractivity contribution is 0.269. The molecule has 0 aliphatic carbocycles. The van der Waals surface area contributed by atoms with Crippen LogP contribution in [-0.4, -0.2) is 10.4 Å². The highest BCUT2D eigenvalue weighted by molar-refractivity contribution is 6.65. The fourth-order valence-corrected chi connectivity index (χ4v) is 0.792. The van der Waals surface area contributed by atoms with Gasteiger partial charge in [-0.05, 0) is 17.7 Å². The van der Waals surface area contributed by atoms with E-state index in [9.17, 15) is 4.79 Å². The molecule has 1 heterocycles. The zero-order chi connectivity index (χ0) is 8.97. The number of rotatable bonds is 1. The van der Waals surface area contributed by atoms with Gasteiger partial charge >= 0.3 is 5.37 Å². The minimum absolute atomic E-state index is 0.373. The van der Waals surface area contributed by atoms with Crippen LogP contribution < -0.4 is 5.32 Å². The van der Waals surface area contributed by atoms with E-state index in [0.29, 0.717) is 11.3 Å². The Hall–Kier alpha value is -1.60. The number of hydrogen-bond acceptors (Lipinski definition) is 3. The van der Waals surface area contributed by atoms with Crippen molar-refractivity contribution in [2.24, 2.45) is 0 Å². The van der Waals surface area contributed by atoms with Gasteiger partial charge in [-0.15, -0.1) is 0 Å². The Morgan fingerprint density at radius 2 is 2.42 bits per heavy atom. The summed E-state index contributed by atoms with van der Waals surface area (Å²) < 4.78 is 0. The Kier molecular flexibility index (Phi) is 2.62. The van der Waals surface area contributed by atoms with E-state index >= 15 is 0 Å². The maximum Gasteiger partial charge on any atom is 0.318 e. The van der Waals surface area contributed by atoms with Crippen molar-refractivity contribution in [1.29, 1.82) is 5.26 Å². The fraction of sp³-hybridized carbons (Fsp3) is 0. The average Bonchev–Trinajstić information content (AvgIpc) is 2.03. The molecule has 0 aliphatic rings. The van der Waals surface area contributed by atoms with Crippen molar-refractivity contribution >= 4 is 22.7 Å². The van der Waals surface area contributed by atoms with Crippen LogP contribution in [0.15, 0.2) is 18.5 Å². The van der Waals surface area contributed by atoms with Crippen molar-refractivity contribution in [2.45, 2.75) is 0 Å². The van der Waals surface area contributed by atoms with Gasteiger partial charge in [0.05, 0.1) is 17.4 Å². The van der Waals surface area contributed by atoms with Crippen LogP contribution in [0.1, 0.15) is 5.56 Å². The number of halogens is 1. The zero-order valence-electron chi connectivity index (χ0n) is 5.91. The van der Waals surface area contributed by atoms with Crippen LogP contribution in [0.2, 0.25) is 0 Å². The lowest BCUT2D eigenvalue weighted by Crippen LogP contribution is -2.01. The predicted octanol–water partition coefficient (Wildman–Crippen LogP) is 1.72. The molecule has 0 atom stereocenters. The minimum atomic E-state index is -0.702. The molecule has 1 N–H and O–H groups in total. The average molecular weight is 182 g/mol. The van der Waals surface area contributed by atoms with E-state index in [0.717, 1.165) is 0 Å². The van der Waals surface area contributed by atoms with Gasteiger partial charge in [-0.2, -0.15) is 5.26 Å². The number of carbonyl (C=O) groups excluding carboxylic acids is 1. The number of pyridine rings is 1. The molecule has 1 aromatic rings. The Morgan fingerprint density at radius 3 is 3.00 bits per heavy atom. The summed E-state index contributed by atoms with van der Waals surface area (Å²) in [6.07, 6.45) is 2.80. The SMILES string of the molecule is N#Cc1cncc(NC(=O)Cl)c1.